The molecule has 8 nitrogen and oxygen atoms in total. The van der Waals surface area contributed by atoms with Crippen LogP contribution >= 0.6 is 11.6 Å². The second-order valence-electron chi connectivity index (χ2n) is 8.52. The number of nitrogens with one attached hydrogen (secondary N) is 1. The minimum Gasteiger partial charge on any atom is -0.496 e. The molecule has 1 fully saturated rings. The number of halogens is 1. The lowest BCUT2D eigenvalue weighted by molar-refractivity contribution is 0.0733. The number of methoxy groups -OCH3 is 2. The quantitative estimate of drug-likeness (QED) is 0.546. The van der Waals surface area contributed by atoms with Gasteiger partial charge in [-0.3, -0.25) is 9.69 Å². The first-order chi connectivity index (χ1) is 17.5. The lowest BCUT2D eigenvalue weighted by Crippen LogP contribution is -2.33. The predicted molar refractivity (Wildman–Crippen MR) is 137 cm³/mol. The molecule has 1 N–H and O–H groups in total. The van der Waals surface area contributed by atoms with Crippen LogP contribution in [0.25, 0.3) is 11.1 Å². The molecule has 3 amide bonds. The summed E-state index contributed by atoms with van der Waals surface area (Å²) in [5.74, 6) is 1.71. The van der Waals surface area contributed by atoms with E-state index in [1.54, 1.807) is 48.3 Å². The van der Waals surface area contributed by atoms with Gasteiger partial charge in [-0.15, -0.1) is 0 Å². The van der Waals surface area contributed by atoms with Crippen molar-refractivity contribution < 1.29 is 23.8 Å². The van der Waals surface area contributed by atoms with Gasteiger partial charge in [0, 0.05) is 47.0 Å². The first-order valence-corrected chi connectivity index (χ1v) is 12.0. The third-order valence-electron chi connectivity index (χ3n) is 6.34. The molecule has 2 aliphatic rings. The third kappa shape index (κ3) is 4.52. The average molecular weight is 508 g/mol. The minimum atomic E-state index is -0.159. The molecule has 0 aromatic heterocycles. The number of hydrogen-bond acceptors (Lipinski definition) is 5. The number of carbonyl (C=O) groups excluding carboxylic acids is 2. The number of amides is 3. The van der Waals surface area contributed by atoms with Crippen molar-refractivity contribution in [1.29, 1.82) is 0 Å². The Bertz CT molecular complexity index is 1330. The fraction of sp³-hybridized carbons (Fsp3) is 0.259. The molecule has 0 bridgehead atoms. The highest BCUT2D eigenvalue weighted by atomic mass is 35.5. The Hall–Kier alpha value is -3.91. The van der Waals surface area contributed by atoms with Crippen molar-refractivity contribution in [2.75, 3.05) is 45.4 Å². The summed E-state index contributed by atoms with van der Waals surface area (Å²) < 4.78 is 17.2. The molecule has 186 valence electrons. The molecule has 9 heteroatoms. The molecule has 0 aliphatic carbocycles. The summed E-state index contributed by atoms with van der Waals surface area (Å²) in [7, 11) is 3.20. The maximum Gasteiger partial charge on any atom is 0.321 e. The number of fused-ring (bicyclic) bond motifs is 1. The van der Waals surface area contributed by atoms with Crippen molar-refractivity contribution in [1.82, 2.24) is 10.2 Å². The first-order valence-electron chi connectivity index (χ1n) is 11.6. The van der Waals surface area contributed by atoms with Crippen LogP contribution in [0.4, 0.5) is 10.5 Å². The second-order valence-corrected chi connectivity index (χ2v) is 8.96. The van der Waals surface area contributed by atoms with Gasteiger partial charge in [0.1, 0.15) is 12.4 Å². The molecule has 3 aromatic carbocycles. The van der Waals surface area contributed by atoms with Crippen molar-refractivity contribution in [3.8, 4) is 28.4 Å². The Labute approximate surface area is 214 Å². The molecule has 36 heavy (non-hydrogen) atoms. The molecule has 5 rings (SSSR count). The normalized spacial score (nSPS) is 15.0. The van der Waals surface area contributed by atoms with Gasteiger partial charge in [0.25, 0.3) is 5.91 Å². The zero-order valence-electron chi connectivity index (χ0n) is 20.0. The SMILES string of the molecule is COc1ccc(Cl)cc1-c1cc2c(c(OC)c1)OCCN(C(=O)c1cccc(N3CCNC3=O)c1)C2. The fourth-order valence-electron chi connectivity index (χ4n) is 4.58. The monoisotopic (exact) mass is 507 g/mol. The summed E-state index contributed by atoms with van der Waals surface area (Å²) in [4.78, 5) is 29.0. The largest absolute Gasteiger partial charge is 0.496 e. The maximum atomic E-state index is 13.5. The van der Waals surface area contributed by atoms with E-state index in [2.05, 4.69) is 5.32 Å². The van der Waals surface area contributed by atoms with Crippen LogP contribution in [0.3, 0.4) is 0 Å². The van der Waals surface area contributed by atoms with Gasteiger partial charge in [-0.05, 0) is 54.1 Å². The number of hydrogen-bond donors (Lipinski definition) is 1. The summed E-state index contributed by atoms with van der Waals surface area (Å²) in [6.45, 7) is 2.20. The van der Waals surface area contributed by atoms with Crippen molar-refractivity contribution in [2.24, 2.45) is 0 Å². The molecular weight excluding hydrogens is 482 g/mol. The summed E-state index contributed by atoms with van der Waals surface area (Å²) >= 11 is 6.28. The summed E-state index contributed by atoms with van der Waals surface area (Å²) in [5, 5.41) is 3.37. The van der Waals surface area contributed by atoms with Crippen LogP contribution in [0.5, 0.6) is 17.2 Å². The van der Waals surface area contributed by atoms with Crippen molar-refractivity contribution in [2.45, 2.75) is 6.54 Å². The van der Waals surface area contributed by atoms with Gasteiger partial charge in [0.15, 0.2) is 11.5 Å². The topological polar surface area (TPSA) is 80.3 Å². The van der Waals surface area contributed by atoms with Crippen LogP contribution in [-0.4, -0.2) is 57.3 Å². The molecule has 3 aromatic rings. The zero-order valence-corrected chi connectivity index (χ0v) is 20.8. The number of benzene rings is 3. The van der Waals surface area contributed by atoms with Gasteiger partial charge >= 0.3 is 6.03 Å². The van der Waals surface area contributed by atoms with Crippen LogP contribution in [0, 0.1) is 0 Å². The summed E-state index contributed by atoms with van der Waals surface area (Å²) in [5.41, 5.74) is 3.66. The smallest absolute Gasteiger partial charge is 0.321 e. The lowest BCUT2D eigenvalue weighted by atomic mass is 10.00. The fourth-order valence-corrected chi connectivity index (χ4v) is 4.75. The second kappa shape index (κ2) is 9.99. The highest BCUT2D eigenvalue weighted by Crippen LogP contribution is 2.41. The van der Waals surface area contributed by atoms with E-state index in [9.17, 15) is 9.59 Å². The van der Waals surface area contributed by atoms with E-state index in [1.807, 2.05) is 30.3 Å². The number of ether oxygens (including phenoxy) is 3. The van der Waals surface area contributed by atoms with Gasteiger partial charge in [0.05, 0.1) is 20.8 Å². The standard InChI is InChI=1S/C27H26ClN3O5/c1-34-23-7-6-20(28)15-22(23)18-12-19-16-30(10-11-36-25(19)24(14-18)35-2)26(32)17-4-3-5-21(13-17)31-9-8-29-27(31)33/h3-7,12-15H,8-11,16H2,1-2H3,(H,29,33). The highest BCUT2D eigenvalue weighted by Gasteiger charge is 2.26. The highest BCUT2D eigenvalue weighted by molar-refractivity contribution is 6.31. The van der Waals surface area contributed by atoms with Crippen LogP contribution in [0.15, 0.2) is 54.6 Å². The number of anilines is 1. The van der Waals surface area contributed by atoms with E-state index in [4.69, 9.17) is 25.8 Å². The van der Waals surface area contributed by atoms with Crippen LogP contribution in [-0.2, 0) is 6.54 Å². The van der Waals surface area contributed by atoms with E-state index < -0.39 is 0 Å². The molecule has 2 aliphatic heterocycles. The van der Waals surface area contributed by atoms with Gasteiger partial charge in [0.2, 0.25) is 0 Å². The third-order valence-corrected chi connectivity index (χ3v) is 6.58. The minimum absolute atomic E-state index is 0.141. The molecule has 1 saturated heterocycles. The number of carbonyl (C=O) groups is 2. The molecule has 0 unspecified atom stereocenters. The van der Waals surface area contributed by atoms with Crippen molar-refractivity contribution >= 4 is 29.2 Å². The molecule has 2 heterocycles. The van der Waals surface area contributed by atoms with E-state index in [0.717, 1.165) is 16.7 Å². The van der Waals surface area contributed by atoms with E-state index in [1.165, 1.54) is 0 Å². The Morgan fingerprint density at radius 3 is 2.61 bits per heavy atom. The number of rotatable bonds is 5. The molecular formula is C27H26ClN3O5. The Balaban J connectivity index is 1.48. The average Bonchev–Trinajstić information content (AvgIpc) is 3.21. The Morgan fingerprint density at radius 1 is 1.03 bits per heavy atom. The summed E-state index contributed by atoms with van der Waals surface area (Å²) in [6.07, 6.45) is 0. The first kappa shape index (κ1) is 23.8. The maximum absolute atomic E-state index is 13.5. The molecule has 0 atom stereocenters. The number of nitrogens with zero attached hydrogens (tertiary/aromatic N) is 2. The van der Waals surface area contributed by atoms with Crippen molar-refractivity contribution in [3.05, 3.63) is 70.7 Å². The van der Waals surface area contributed by atoms with Crippen LogP contribution < -0.4 is 24.4 Å². The molecule has 0 saturated carbocycles. The predicted octanol–water partition coefficient (Wildman–Crippen LogP) is 4.59. The van der Waals surface area contributed by atoms with Gasteiger partial charge in [-0.1, -0.05) is 17.7 Å². The van der Waals surface area contributed by atoms with Crippen LogP contribution in [0.2, 0.25) is 5.02 Å². The van der Waals surface area contributed by atoms with E-state index >= 15 is 0 Å². The van der Waals surface area contributed by atoms with Gasteiger partial charge in [-0.2, -0.15) is 0 Å². The van der Waals surface area contributed by atoms with Crippen LogP contribution in [0.1, 0.15) is 15.9 Å². The van der Waals surface area contributed by atoms with Gasteiger partial charge < -0.3 is 24.4 Å². The Kier molecular flexibility index (Phi) is 6.61. The Morgan fingerprint density at radius 2 is 1.86 bits per heavy atom. The zero-order chi connectivity index (χ0) is 25.2. The van der Waals surface area contributed by atoms with Crippen molar-refractivity contribution in [3.63, 3.8) is 0 Å². The molecule has 0 spiro atoms. The van der Waals surface area contributed by atoms with E-state index in [-0.39, 0.29) is 11.9 Å². The van der Waals surface area contributed by atoms with Gasteiger partial charge in [-0.25, -0.2) is 4.79 Å². The summed E-state index contributed by atoms with van der Waals surface area (Å²) in [6, 6.07) is 16.3. The van der Waals surface area contributed by atoms with E-state index in [0.29, 0.717) is 66.3 Å². The molecule has 0 radical (unpaired) electrons. The lowest BCUT2D eigenvalue weighted by Gasteiger charge is -2.22. The number of urea groups is 1.